The van der Waals surface area contributed by atoms with Crippen LogP contribution in [0, 0.1) is 0 Å². The van der Waals surface area contributed by atoms with Crippen LogP contribution in [0.15, 0.2) is 134 Å². The number of fused-ring (bicyclic) bond motifs is 3. The van der Waals surface area contributed by atoms with Crippen LogP contribution in [0.3, 0.4) is 0 Å². The molecule has 0 aromatic heterocycles. The zero-order chi connectivity index (χ0) is 25.3. The molecule has 38 heavy (non-hydrogen) atoms. The largest absolute Gasteiger partial charge is 0.0801 e. The van der Waals surface area contributed by atoms with Gasteiger partial charge in [0.2, 0.25) is 0 Å². The molecule has 0 amide bonds. The molecule has 2 aliphatic rings. The van der Waals surface area contributed by atoms with Crippen LogP contribution in [-0.4, -0.2) is 0 Å². The summed E-state index contributed by atoms with van der Waals surface area (Å²) in [6.07, 6.45) is 19.6. The normalized spacial score (nSPS) is 13.7. The lowest BCUT2D eigenvalue weighted by atomic mass is 9.82. The SMILES string of the molecule is C1=CCc2cccc(-c3ccc(-c4c5c(c(-c6ccccc6)c6ccccc46)CC=CC=C5)cc3)c2C=C1. The number of hydrogen-bond donors (Lipinski definition) is 0. The number of allylic oxidation sites excluding steroid dienone is 6. The molecule has 0 saturated carbocycles. The fourth-order valence-corrected chi connectivity index (χ4v) is 6.05. The summed E-state index contributed by atoms with van der Waals surface area (Å²) in [6.45, 7) is 0. The van der Waals surface area contributed by atoms with Crippen molar-refractivity contribution in [3.8, 4) is 33.4 Å². The fraction of sp³-hybridized carbons (Fsp3) is 0.0526. The minimum atomic E-state index is 0.916. The van der Waals surface area contributed by atoms with Crippen LogP contribution in [-0.2, 0) is 12.8 Å². The van der Waals surface area contributed by atoms with Gasteiger partial charge in [-0.2, -0.15) is 0 Å². The smallest absolute Gasteiger partial charge is 0.00295 e. The highest BCUT2D eigenvalue weighted by atomic mass is 14.2. The van der Waals surface area contributed by atoms with Gasteiger partial charge in [-0.3, -0.25) is 0 Å². The van der Waals surface area contributed by atoms with Crippen molar-refractivity contribution in [3.05, 3.63) is 156 Å². The fourth-order valence-electron chi connectivity index (χ4n) is 6.05. The number of rotatable bonds is 3. The van der Waals surface area contributed by atoms with Crippen molar-refractivity contribution < 1.29 is 0 Å². The van der Waals surface area contributed by atoms with Crippen molar-refractivity contribution in [2.75, 3.05) is 0 Å². The first-order valence-electron chi connectivity index (χ1n) is 13.4. The Kier molecular flexibility index (Phi) is 5.72. The second-order valence-corrected chi connectivity index (χ2v) is 9.99. The minimum Gasteiger partial charge on any atom is -0.0801 e. The summed E-state index contributed by atoms with van der Waals surface area (Å²) in [5.74, 6) is 0. The summed E-state index contributed by atoms with van der Waals surface area (Å²) in [5, 5.41) is 2.61. The van der Waals surface area contributed by atoms with Gasteiger partial charge in [0.25, 0.3) is 0 Å². The van der Waals surface area contributed by atoms with E-state index in [0.29, 0.717) is 0 Å². The predicted octanol–water partition coefficient (Wildman–Crippen LogP) is 10.1. The molecule has 0 unspecified atom stereocenters. The van der Waals surface area contributed by atoms with E-state index in [1.807, 2.05) is 0 Å². The molecule has 7 rings (SSSR count). The molecule has 2 aliphatic carbocycles. The van der Waals surface area contributed by atoms with Gasteiger partial charge in [-0.1, -0.05) is 146 Å². The van der Waals surface area contributed by atoms with E-state index in [1.165, 1.54) is 66.4 Å². The first-order valence-corrected chi connectivity index (χ1v) is 13.4. The zero-order valence-corrected chi connectivity index (χ0v) is 21.3. The lowest BCUT2D eigenvalue weighted by Crippen LogP contribution is -1.99. The van der Waals surface area contributed by atoms with E-state index in [0.717, 1.165) is 12.8 Å². The van der Waals surface area contributed by atoms with Gasteiger partial charge in [0.05, 0.1) is 0 Å². The highest BCUT2D eigenvalue weighted by Crippen LogP contribution is 2.44. The predicted molar refractivity (Wildman–Crippen MR) is 164 cm³/mol. The van der Waals surface area contributed by atoms with Crippen LogP contribution in [0.4, 0.5) is 0 Å². The third kappa shape index (κ3) is 3.86. The van der Waals surface area contributed by atoms with Gasteiger partial charge in [0.1, 0.15) is 0 Å². The van der Waals surface area contributed by atoms with Crippen molar-refractivity contribution in [2.24, 2.45) is 0 Å². The Morgan fingerprint density at radius 3 is 1.84 bits per heavy atom. The van der Waals surface area contributed by atoms with E-state index in [4.69, 9.17) is 0 Å². The van der Waals surface area contributed by atoms with Crippen molar-refractivity contribution in [1.82, 2.24) is 0 Å². The Hall–Kier alpha value is -4.68. The molecule has 0 saturated heterocycles. The van der Waals surface area contributed by atoms with Gasteiger partial charge in [-0.15, -0.1) is 0 Å². The molecule has 5 aromatic carbocycles. The topological polar surface area (TPSA) is 0 Å². The summed E-state index contributed by atoms with van der Waals surface area (Å²) < 4.78 is 0. The van der Waals surface area contributed by atoms with Crippen molar-refractivity contribution in [3.63, 3.8) is 0 Å². The average Bonchev–Trinajstić information content (AvgIpc) is 3.37. The average molecular weight is 485 g/mol. The van der Waals surface area contributed by atoms with E-state index in [-0.39, 0.29) is 0 Å². The summed E-state index contributed by atoms with van der Waals surface area (Å²) in [4.78, 5) is 0. The maximum atomic E-state index is 2.31. The second-order valence-electron chi connectivity index (χ2n) is 9.99. The Bertz CT molecular complexity index is 1770. The Morgan fingerprint density at radius 1 is 0.421 bits per heavy atom. The first kappa shape index (κ1) is 22.5. The Morgan fingerprint density at radius 2 is 1.05 bits per heavy atom. The lowest BCUT2D eigenvalue weighted by Gasteiger charge is -2.21. The molecule has 0 radical (unpaired) electrons. The van der Waals surface area contributed by atoms with E-state index in [2.05, 4.69) is 146 Å². The van der Waals surface area contributed by atoms with Gasteiger partial charge >= 0.3 is 0 Å². The standard InChI is InChI=1S/C38H28/c1-5-14-29(15-6-1)37-33-18-8-3-9-19-34(33)38(36-21-11-10-20-35(36)37)30-25-23-28(24-26-30)32-22-12-16-27-13-4-2-7-17-31(27)32/h1-12,14-17,19-26H,13,18H2. The molecule has 0 atom stereocenters. The van der Waals surface area contributed by atoms with Gasteiger partial charge in [0, 0.05) is 0 Å². The number of hydrogen-bond acceptors (Lipinski definition) is 0. The van der Waals surface area contributed by atoms with Gasteiger partial charge in [-0.05, 0) is 79.2 Å². The van der Waals surface area contributed by atoms with Crippen LogP contribution in [0.5, 0.6) is 0 Å². The minimum absolute atomic E-state index is 0.916. The molecular weight excluding hydrogens is 456 g/mol. The van der Waals surface area contributed by atoms with E-state index in [1.54, 1.807) is 0 Å². The van der Waals surface area contributed by atoms with Crippen LogP contribution in [0.1, 0.15) is 22.3 Å². The van der Waals surface area contributed by atoms with Crippen molar-refractivity contribution >= 4 is 22.9 Å². The van der Waals surface area contributed by atoms with Crippen LogP contribution in [0.2, 0.25) is 0 Å². The van der Waals surface area contributed by atoms with Crippen LogP contribution >= 0.6 is 0 Å². The maximum absolute atomic E-state index is 2.31. The van der Waals surface area contributed by atoms with Gasteiger partial charge in [0.15, 0.2) is 0 Å². The van der Waals surface area contributed by atoms with Gasteiger partial charge in [-0.25, -0.2) is 0 Å². The molecule has 0 heterocycles. The van der Waals surface area contributed by atoms with Crippen LogP contribution in [0.25, 0.3) is 56.3 Å². The summed E-state index contributed by atoms with van der Waals surface area (Å²) in [5.41, 5.74) is 13.2. The molecule has 0 fully saturated rings. The lowest BCUT2D eigenvalue weighted by molar-refractivity contribution is 1.27. The van der Waals surface area contributed by atoms with Gasteiger partial charge < -0.3 is 0 Å². The molecule has 5 aromatic rings. The monoisotopic (exact) mass is 484 g/mol. The quantitative estimate of drug-likeness (QED) is 0.239. The van der Waals surface area contributed by atoms with E-state index < -0.39 is 0 Å². The highest BCUT2D eigenvalue weighted by molar-refractivity contribution is 6.10. The van der Waals surface area contributed by atoms with Crippen LogP contribution < -0.4 is 0 Å². The van der Waals surface area contributed by atoms with Crippen molar-refractivity contribution in [1.29, 1.82) is 0 Å². The molecule has 0 nitrogen and oxygen atoms in total. The molecule has 180 valence electrons. The zero-order valence-electron chi connectivity index (χ0n) is 21.3. The molecule has 0 spiro atoms. The van der Waals surface area contributed by atoms with Crippen molar-refractivity contribution in [2.45, 2.75) is 12.8 Å². The summed E-state index contributed by atoms with van der Waals surface area (Å²) in [7, 11) is 0. The van der Waals surface area contributed by atoms with E-state index in [9.17, 15) is 0 Å². The summed E-state index contributed by atoms with van der Waals surface area (Å²) in [6, 6.07) is 35.6. The maximum Gasteiger partial charge on any atom is -0.00295 e. The molecule has 0 aliphatic heterocycles. The molecule has 0 N–H and O–H groups in total. The highest BCUT2D eigenvalue weighted by Gasteiger charge is 2.20. The molecule has 0 bridgehead atoms. The number of benzene rings is 5. The Balaban J connectivity index is 1.44. The summed E-state index contributed by atoms with van der Waals surface area (Å²) >= 11 is 0. The first-order chi connectivity index (χ1) is 18.9. The second kappa shape index (κ2) is 9.65. The third-order valence-electron chi connectivity index (χ3n) is 7.79. The molecular formula is C38H28. The Labute approximate surface area is 224 Å². The molecule has 0 heteroatoms. The third-order valence-corrected chi connectivity index (χ3v) is 7.79. The van der Waals surface area contributed by atoms with E-state index >= 15 is 0 Å².